The van der Waals surface area contributed by atoms with Crippen LogP contribution in [0.1, 0.15) is 30.4 Å². The number of rotatable bonds is 8. The maximum absolute atomic E-state index is 13.0. The first-order valence-electron chi connectivity index (χ1n) is 9.82. The SMILES string of the molecule is O=C(NCCCCN1CC=C(c2ccc(F)cc2)CC1)OCc1ccccc1. The van der Waals surface area contributed by atoms with E-state index in [9.17, 15) is 9.18 Å². The van der Waals surface area contributed by atoms with E-state index in [1.165, 1.54) is 17.7 Å². The molecule has 0 radical (unpaired) electrons. The van der Waals surface area contributed by atoms with Crippen LogP contribution in [0.15, 0.2) is 60.7 Å². The number of carbonyl (C=O) groups excluding carboxylic acids is 1. The molecule has 1 amide bonds. The second kappa shape index (κ2) is 10.6. The minimum absolute atomic E-state index is 0.195. The number of hydrogen-bond acceptors (Lipinski definition) is 3. The normalized spacial score (nSPS) is 14.4. The van der Waals surface area contributed by atoms with Gasteiger partial charge in [0.2, 0.25) is 0 Å². The fourth-order valence-electron chi connectivity index (χ4n) is 3.27. The molecule has 1 aliphatic heterocycles. The second-order valence-electron chi connectivity index (χ2n) is 6.98. The highest BCUT2D eigenvalue weighted by Gasteiger charge is 2.12. The molecule has 28 heavy (non-hydrogen) atoms. The molecule has 3 rings (SSSR count). The smallest absolute Gasteiger partial charge is 0.407 e. The highest BCUT2D eigenvalue weighted by Crippen LogP contribution is 2.22. The van der Waals surface area contributed by atoms with Gasteiger partial charge in [0.15, 0.2) is 0 Å². The van der Waals surface area contributed by atoms with Gasteiger partial charge in [-0.05, 0) is 54.6 Å². The Kier molecular flexibility index (Phi) is 7.62. The number of unbranched alkanes of at least 4 members (excludes halogenated alkanes) is 1. The molecule has 0 saturated heterocycles. The van der Waals surface area contributed by atoms with Crippen molar-refractivity contribution in [2.75, 3.05) is 26.2 Å². The van der Waals surface area contributed by atoms with Crippen LogP contribution in [-0.4, -0.2) is 37.2 Å². The monoisotopic (exact) mass is 382 g/mol. The Morgan fingerprint density at radius 3 is 2.57 bits per heavy atom. The Morgan fingerprint density at radius 1 is 1.07 bits per heavy atom. The average Bonchev–Trinajstić information content (AvgIpc) is 2.74. The lowest BCUT2D eigenvalue weighted by Gasteiger charge is -2.26. The van der Waals surface area contributed by atoms with Crippen LogP contribution >= 0.6 is 0 Å². The summed E-state index contributed by atoms with van der Waals surface area (Å²) in [6, 6.07) is 16.4. The summed E-state index contributed by atoms with van der Waals surface area (Å²) in [5.41, 5.74) is 3.38. The molecule has 1 N–H and O–H groups in total. The zero-order valence-corrected chi connectivity index (χ0v) is 16.1. The molecule has 2 aromatic carbocycles. The molecule has 2 aromatic rings. The van der Waals surface area contributed by atoms with Crippen LogP contribution in [0, 0.1) is 5.82 Å². The largest absolute Gasteiger partial charge is 0.445 e. The molecule has 1 heterocycles. The van der Waals surface area contributed by atoms with Gasteiger partial charge in [-0.25, -0.2) is 9.18 Å². The number of amides is 1. The minimum atomic E-state index is -0.367. The van der Waals surface area contributed by atoms with E-state index in [-0.39, 0.29) is 11.9 Å². The third kappa shape index (κ3) is 6.50. The molecule has 0 fully saturated rings. The molecule has 0 aliphatic carbocycles. The van der Waals surface area contributed by atoms with Gasteiger partial charge in [0.25, 0.3) is 0 Å². The predicted octanol–water partition coefficient (Wildman–Crippen LogP) is 4.62. The number of halogens is 1. The second-order valence-corrected chi connectivity index (χ2v) is 6.98. The van der Waals surface area contributed by atoms with Gasteiger partial charge in [-0.15, -0.1) is 0 Å². The van der Waals surface area contributed by atoms with Gasteiger partial charge >= 0.3 is 6.09 Å². The number of nitrogens with one attached hydrogen (secondary N) is 1. The average molecular weight is 382 g/mol. The van der Waals surface area contributed by atoms with Crippen LogP contribution in [0.25, 0.3) is 5.57 Å². The molecular formula is C23H27FN2O2. The summed E-state index contributed by atoms with van der Waals surface area (Å²) in [6.45, 7) is 3.85. The quantitative estimate of drug-likeness (QED) is 0.677. The van der Waals surface area contributed by atoms with Crippen molar-refractivity contribution < 1.29 is 13.9 Å². The Labute approximate surface area is 166 Å². The molecule has 0 unspecified atom stereocenters. The number of carbonyl (C=O) groups is 1. The van der Waals surface area contributed by atoms with Crippen LogP contribution in [-0.2, 0) is 11.3 Å². The van der Waals surface area contributed by atoms with E-state index in [0.29, 0.717) is 13.2 Å². The molecule has 0 saturated carbocycles. The Bertz CT molecular complexity index is 775. The molecule has 0 atom stereocenters. The molecule has 5 heteroatoms. The first-order chi connectivity index (χ1) is 13.7. The minimum Gasteiger partial charge on any atom is -0.445 e. The third-order valence-electron chi connectivity index (χ3n) is 4.89. The fraction of sp³-hybridized carbons (Fsp3) is 0.348. The maximum atomic E-state index is 13.0. The van der Waals surface area contributed by atoms with Crippen molar-refractivity contribution in [2.45, 2.75) is 25.9 Å². The van der Waals surface area contributed by atoms with E-state index in [0.717, 1.165) is 50.0 Å². The summed E-state index contributed by atoms with van der Waals surface area (Å²) in [5, 5.41) is 2.80. The van der Waals surface area contributed by atoms with Crippen LogP contribution in [0.3, 0.4) is 0 Å². The summed E-state index contributed by atoms with van der Waals surface area (Å²) in [7, 11) is 0. The zero-order valence-electron chi connectivity index (χ0n) is 16.1. The first kappa shape index (κ1) is 20.1. The maximum Gasteiger partial charge on any atom is 0.407 e. The van der Waals surface area contributed by atoms with Gasteiger partial charge in [0.1, 0.15) is 12.4 Å². The molecular weight excluding hydrogens is 355 g/mol. The molecule has 1 aliphatic rings. The van der Waals surface area contributed by atoms with E-state index in [2.05, 4.69) is 16.3 Å². The van der Waals surface area contributed by atoms with Crippen molar-refractivity contribution in [1.82, 2.24) is 10.2 Å². The highest BCUT2D eigenvalue weighted by atomic mass is 19.1. The standard InChI is InChI=1S/C23H27FN2O2/c24-22-10-8-20(9-11-22)21-12-16-26(17-13-21)15-5-4-14-25-23(27)28-18-19-6-2-1-3-7-19/h1-3,6-12H,4-5,13-18H2,(H,25,27). The van der Waals surface area contributed by atoms with E-state index < -0.39 is 0 Å². The highest BCUT2D eigenvalue weighted by molar-refractivity contribution is 5.67. The predicted molar refractivity (Wildman–Crippen MR) is 109 cm³/mol. The number of alkyl carbamates (subject to hydrolysis) is 1. The van der Waals surface area contributed by atoms with E-state index in [1.54, 1.807) is 0 Å². The van der Waals surface area contributed by atoms with Gasteiger partial charge in [-0.1, -0.05) is 48.5 Å². The van der Waals surface area contributed by atoms with E-state index >= 15 is 0 Å². The van der Waals surface area contributed by atoms with Crippen LogP contribution in [0.2, 0.25) is 0 Å². The van der Waals surface area contributed by atoms with Crippen LogP contribution in [0.5, 0.6) is 0 Å². The molecule has 0 aromatic heterocycles. The van der Waals surface area contributed by atoms with Crippen molar-refractivity contribution in [3.05, 3.63) is 77.6 Å². The van der Waals surface area contributed by atoms with Gasteiger partial charge < -0.3 is 10.1 Å². The van der Waals surface area contributed by atoms with Crippen molar-refractivity contribution in [1.29, 1.82) is 0 Å². The fourth-order valence-corrected chi connectivity index (χ4v) is 3.27. The molecule has 4 nitrogen and oxygen atoms in total. The molecule has 0 spiro atoms. The summed E-state index contributed by atoms with van der Waals surface area (Å²) >= 11 is 0. The van der Waals surface area contributed by atoms with Gasteiger partial charge in [-0.3, -0.25) is 4.90 Å². The molecule has 148 valence electrons. The number of nitrogens with zero attached hydrogens (tertiary/aromatic N) is 1. The Hall–Kier alpha value is -2.66. The Morgan fingerprint density at radius 2 is 1.86 bits per heavy atom. The van der Waals surface area contributed by atoms with Crippen molar-refractivity contribution in [3.63, 3.8) is 0 Å². The Balaban J connectivity index is 1.27. The van der Waals surface area contributed by atoms with Crippen molar-refractivity contribution >= 4 is 11.7 Å². The topological polar surface area (TPSA) is 41.6 Å². The first-order valence-corrected chi connectivity index (χ1v) is 9.82. The number of ether oxygens (including phenoxy) is 1. The van der Waals surface area contributed by atoms with E-state index in [4.69, 9.17) is 4.74 Å². The van der Waals surface area contributed by atoms with Crippen LogP contribution < -0.4 is 5.32 Å². The van der Waals surface area contributed by atoms with Gasteiger partial charge in [0.05, 0.1) is 0 Å². The summed E-state index contributed by atoms with van der Waals surface area (Å²) < 4.78 is 18.2. The lowest BCUT2D eigenvalue weighted by atomic mass is 9.99. The van der Waals surface area contributed by atoms with Crippen molar-refractivity contribution in [3.8, 4) is 0 Å². The number of hydrogen-bond donors (Lipinski definition) is 1. The lowest BCUT2D eigenvalue weighted by Crippen LogP contribution is -2.30. The van der Waals surface area contributed by atoms with E-state index in [1.807, 2.05) is 42.5 Å². The van der Waals surface area contributed by atoms with Gasteiger partial charge in [-0.2, -0.15) is 0 Å². The summed E-state index contributed by atoms with van der Waals surface area (Å²) in [4.78, 5) is 14.1. The summed E-state index contributed by atoms with van der Waals surface area (Å²) in [6.07, 6.45) is 4.80. The summed E-state index contributed by atoms with van der Waals surface area (Å²) in [5.74, 6) is -0.195. The lowest BCUT2D eigenvalue weighted by molar-refractivity contribution is 0.139. The third-order valence-corrected chi connectivity index (χ3v) is 4.89. The van der Waals surface area contributed by atoms with Gasteiger partial charge in [0, 0.05) is 19.6 Å². The zero-order chi connectivity index (χ0) is 19.6. The molecule has 0 bridgehead atoms. The van der Waals surface area contributed by atoms with Crippen molar-refractivity contribution in [2.24, 2.45) is 0 Å². The number of benzene rings is 2. The van der Waals surface area contributed by atoms with Crippen LogP contribution in [0.4, 0.5) is 9.18 Å².